The first kappa shape index (κ1) is 20.1. The molecule has 0 saturated carbocycles. The molecule has 2 aromatic carbocycles. The smallest absolute Gasteiger partial charge is 0.321 e. The second-order valence-electron chi connectivity index (χ2n) is 6.55. The Morgan fingerprint density at radius 3 is 2.39 bits per heavy atom. The molecule has 0 aliphatic heterocycles. The minimum Gasteiger partial charge on any atom is -0.497 e. The third kappa shape index (κ3) is 5.45. The number of carbonyl (C=O) groups excluding carboxylic acids is 1. The van der Waals surface area contributed by atoms with Crippen LogP contribution in [0.4, 0.5) is 5.69 Å². The number of oxazole rings is 1. The minimum atomic E-state index is -0.135. The summed E-state index contributed by atoms with van der Waals surface area (Å²) in [5, 5.41) is 2.85. The number of rotatable bonds is 8. The van der Waals surface area contributed by atoms with Crippen LogP contribution in [0.2, 0.25) is 0 Å². The third-order valence-electron chi connectivity index (χ3n) is 4.38. The maximum Gasteiger partial charge on any atom is 0.321 e. The van der Waals surface area contributed by atoms with E-state index in [-0.39, 0.29) is 18.3 Å². The first-order valence-electron chi connectivity index (χ1n) is 9.63. The van der Waals surface area contributed by atoms with Gasteiger partial charge in [0.25, 0.3) is 0 Å². The van der Waals surface area contributed by atoms with Crippen LogP contribution in [0.15, 0.2) is 77.6 Å². The molecule has 0 radical (unpaired) electrons. The van der Waals surface area contributed by atoms with Gasteiger partial charge in [-0.25, -0.2) is 15.0 Å². The summed E-state index contributed by atoms with van der Waals surface area (Å²) in [6, 6.07) is 16.5. The van der Waals surface area contributed by atoms with Crippen molar-refractivity contribution in [1.29, 1.82) is 0 Å². The maximum absolute atomic E-state index is 12.3. The summed E-state index contributed by atoms with van der Waals surface area (Å²) >= 11 is 0. The predicted octanol–water partition coefficient (Wildman–Crippen LogP) is 4.50. The van der Waals surface area contributed by atoms with Gasteiger partial charge in [-0.2, -0.15) is 0 Å². The zero-order chi connectivity index (χ0) is 21.5. The standard InChI is InChI=1S/C23H20N4O4/c1-29-18-7-3-16(4-8-18)20-15-26-22(31-20)12-11-21(28)27-17-5-9-19(10-6-17)30-23-24-13-2-14-25-23/h2-10,13-15H,11-12H2,1H3,(H,27,28). The van der Waals surface area contributed by atoms with E-state index in [1.54, 1.807) is 56.0 Å². The van der Waals surface area contributed by atoms with Crippen molar-refractivity contribution in [2.75, 3.05) is 12.4 Å². The monoisotopic (exact) mass is 416 g/mol. The summed E-state index contributed by atoms with van der Waals surface area (Å²) in [4.78, 5) is 24.5. The minimum absolute atomic E-state index is 0.135. The molecule has 0 aliphatic carbocycles. The maximum atomic E-state index is 12.3. The Hall–Kier alpha value is -4.20. The number of methoxy groups -OCH3 is 1. The second-order valence-corrected chi connectivity index (χ2v) is 6.55. The molecule has 0 unspecified atom stereocenters. The Balaban J connectivity index is 1.28. The highest BCUT2D eigenvalue weighted by Gasteiger charge is 2.10. The van der Waals surface area contributed by atoms with Crippen molar-refractivity contribution < 1.29 is 18.7 Å². The van der Waals surface area contributed by atoms with E-state index in [4.69, 9.17) is 13.9 Å². The molecule has 0 aliphatic rings. The van der Waals surface area contributed by atoms with E-state index < -0.39 is 0 Å². The Morgan fingerprint density at radius 2 is 1.68 bits per heavy atom. The fraction of sp³-hybridized carbons (Fsp3) is 0.130. The first-order chi connectivity index (χ1) is 15.2. The van der Waals surface area contributed by atoms with Crippen molar-refractivity contribution in [3.8, 4) is 28.8 Å². The summed E-state index contributed by atoms with van der Waals surface area (Å²) in [7, 11) is 1.62. The molecule has 0 spiro atoms. The fourth-order valence-electron chi connectivity index (χ4n) is 2.81. The van der Waals surface area contributed by atoms with Gasteiger partial charge < -0.3 is 19.2 Å². The largest absolute Gasteiger partial charge is 0.497 e. The number of anilines is 1. The number of nitrogens with zero attached hydrogens (tertiary/aromatic N) is 3. The van der Waals surface area contributed by atoms with Gasteiger partial charge >= 0.3 is 6.01 Å². The SMILES string of the molecule is COc1ccc(-c2cnc(CCC(=O)Nc3ccc(Oc4ncccn4)cc3)o2)cc1. The molecule has 0 saturated heterocycles. The van der Waals surface area contributed by atoms with Crippen LogP contribution >= 0.6 is 0 Å². The normalized spacial score (nSPS) is 10.5. The Bertz CT molecular complexity index is 1130. The molecule has 2 aromatic heterocycles. The number of carbonyl (C=O) groups is 1. The molecule has 0 fully saturated rings. The highest BCUT2D eigenvalue weighted by Crippen LogP contribution is 2.24. The number of ether oxygens (including phenoxy) is 2. The number of hydrogen-bond acceptors (Lipinski definition) is 7. The van der Waals surface area contributed by atoms with E-state index >= 15 is 0 Å². The number of aromatic nitrogens is 3. The van der Waals surface area contributed by atoms with Gasteiger partial charge in [-0.3, -0.25) is 4.79 Å². The fourth-order valence-corrected chi connectivity index (χ4v) is 2.81. The Labute approximate surface area is 178 Å². The summed E-state index contributed by atoms with van der Waals surface area (Å²) < 4.78 is 16.4. The van der Waals surface area contributed by atoms with E-state index in [2.05, 4.69) is 20.3 Å². The van der Waals surface area contributed by atoms with Gasteiger partial charge in [-0.15, -0.1) is 0 Å². The average Bonchev–Trinajstić information content (AvgIpc) is 3.29. The van der Waals surface area contributed by atoms with Crippen LogP contribution < -0.4 is 14.8 Å². The van der Waals surface area contributed by atoms with Crippen molar-refractivity contribution in [3.63, 3.8) is 0 Å². The van der Waals surface area contributed by atoms with Crippen LogP contribution in [0.1, 0.15) is 12.3 Å². The van der Waals surface area contributed by atoms with Crippen molar-refractivity contribution in [1.82, 2.24) is 15.0 Å². The quantitative estimate of drug-likeness (QED) is 0.451. The van der Waals surface area contributed by atoms with Gasteiger partial charge in [-0.1, -0.05) is 0 Å². The lowest BCUT2D eigenvalue weighted by Crippen LogP contribution is -2.12. The van der Waals surface area contributed by atoms with Crippen molar-refractivity contribution in [2.45, 2.75) is 12.8 Å². The summed E-state index contributed by atoms with van der Waals surface area (Å²) in [6.07, 6.45) is 5.51. The van der Waals surface area contributed by atoms with E-state index in [9.17, 15) is 4.79 Å². The number of amides is 1. The lowest BCUT2D eigenvalue weighted by Gasteiger charge is -2.06. The van der Waals surface area contributed by atoms with E-state index in [1.807, 2.05) is 24.3 Å². The second kappa shape index (κ2) is 9.53. The van der Waals surface area contributed by atoms with E-state index in [0.29, 0.717) is 29.5 Å². The van der Waals surface area contributed by atoms with E-state index in [0.717, 1.165) is 11.3 Å². The van der Waals surface area contributed by atoms with Crippen LogP contribution in [0, 0.1) is 0 Å². The molecule has 0 bridgehead atoms. The van der Waals surface area contributed by atoms with Crippen LogP contribution in [-0.4, -0.2) is 28.0 Å². The molecule has 4 aromatic rings. The lowest BCUT2D eigenvalue weighted by molar-refractivity contribution is -0.116. The zero-order valence-electron chi connectivity index (χ0n) is 16.8. The number of hydrogen-bond donors (Lipinski definition) is 1. The molecule has 1 amide bonds. The summed E-state index contributed by atoms with van der Waals surface area (Å²) in [6.45, 7) is 0. The lowest BCUT2D eigenvalue weighted by atomic mass is 10.2. The van der Waals surface area contributed by atoms with Crippen molar-refractivity contribution in [3.05, 3.63) is 79.1 Å². The van der Waals surface area contributed by atoms with Crippen LogP contribution in [0.5, 0.6) is 17.5 Å². The van der Waals surface area contributed by atoms with E-state index in [1.165, 1.54) is 0 Å². The Morgan fingerprint density at radius 1 is 0.968 bits per heavy atom. The Kier molecular flexibility index (Phi) is 6.18. The topological polar surface area (TPSA) is 99.4 Å². The first-order valence-corrected chi connectivity index (χ1v) is 9.63. The molecular weight excluding hydrogens is 396 g/mol. The average molecular weight is 416 g/mol. The number of benzene rings is 2. The molecule has 0 atom stereocenters. The van der Waals surface area contributed by atoms with Gasteiger partial charge in [-0.05, 0) is 54.6 Å². The molecular formula is C23H20N4O4. The molecule has 8 nitrogen and oxygen atoms in total. The third-order valence-corrected chi connectivity index (χ3v) is 4.38. The highest BCUT2D eigenvalue weighted by atomic mass is 16.5. The summed E-state index contributed by atoms with van der Waals surface area (Å²) in [5.74, 6) is 2.37. The van der Waals surface area contributed by atoms with Gasteiger partial charge in [0.15, 0.2) is 11.7 Å². The number of nitrogens with one attached hydrogen (secondary N) is 1. The molecule has 1 N–H and O–H groups in total. The summed E-state index contributed by atoms with van der Waals surface area (Å²) in [5.41, 5.74) is 1.56. The van der Waals surface area contributed by atoms with Crippen LogP contribution in [-0.2, 0) is 11.2 Å². The highest BCUT2D eigenvalue weighted by molar-refractivity contribution is 5.90. The van der Waals surface area contributed by atoms with Crippen molar-refractivity contribution in [2.24, 2.45) is 0 Å². The van der Waals surface area contributed by atoms with Gasteiger partial charge in [0.05, 0.1) is 13.3 Å². The zero-order valence-corrected chi connectivity index (χ0v) is 16.8. The molecule has 8 heteroatoms. The van der Waals surface area contributed by atoms with Crippen LogP contribution in [0.3, 0.4) is 0 Å². The molecule has 4 rings (SSSR count). The molecule has 2 heterocycles. The van der Waals surface area contributed by atoms with Crippen molar-refractivity contribution >= 4 is 11.6 Å². The van der Waals surface area contributed by atoms with Crippen LogP contribution in [0.25, 0.3) is 11.3 Å². The number of aryl methyl sites for hydroxylation is 1. The molecule has 31 heavy (non-hydrogen) atoms. The van der Waals surface area contributed by atoms with Gasteiger partial charge in [0.1, 0.15) is 11.5 Å². The van der Waals surface area contributed by atoms with Gasteiger partial charge in [0.2, 0.25) is 5.91 Å². The molecule has 156 valence electrons. The van der Waals surface area contributed by atoms with Gasteiger partial charge in [0, 0.05) is 36.5 Å². The predicted molar refractivity (Wildman–Crippen MR) is 114 cm³/mol.